The minimum atomic E-state index is -0.627. The molecule has 0 radical (unpaired) electrons. The van der Waals surface area contributed by atoms with Gasteiger partial charge >= 0.3 is 6.09 Å². The molecule has 1 heterocycles. The van der Waals surface area contributed by atoms with Gasteiger partial charge in [0.2, 0.25) is 0 Å². The number of aliphatic hydroxyl groups is 1. The lowest BCUT2D eigenvalue weighted by atomic mass is 9.73. The molecule has 0 spiro atoms. The van der Waals surface area contributed by atoms with E-state index in [1.165, 1.54) is 39.2 Å². The summed E-state index contributed by atoms with van der Waals surface area (Å²) in [4.78, 5) is 15.4. The molecule has 6 heteroatoms. The molecule has 2 aliphatic rings. The molecule has 1 saturated heterocycles. The van der Waals surface area contributed by atoms with Gasteiger partial charge in [0, 0.05) is 29.8 Å². The number of benzene rings is 1. The monoisotopic (exact) mass is 436 g/mol. The van der Waals surface area contributed by atoms with Crippen molar-refractivity contribution in [2.75, 3.05) is 26.0 Å². The Labute approximate surface area is 186 Å². The molecule has 1 aliphatic heterocycles. The molecular formula is C24H40N2O3S. The number of aliphatic hydroxyl groups excluding tert-OH is 1. The Morgan fingerprint density at radius 2 is 1.90 bits per heavy atom. The Kier molecular flexibility index (Phi) is 11.0. The van der Waals surface area contributed by atoms with Crippen molar-refractivity contribution >= 4 is 17.9 Å². The number of likely N-dealkylation sites (tertiary alicyclic amines) is 1. The fourth-order valence-electron chi connectivity index (χ4n) is 4.69. The van der Waals surface area contributed by atoms with E-state index >= 15 is 0 Å². The van der Waals surface area contributed by atoms with Gasteiger partial charge in [0.15, 0.2) is 0 Å². The number of fused-ring (bicyclic) bond motifs is 1. The second-order valence-electron chi connectivity index (χ2n) is 8.28. The largest absolute Gasteiger partial charge is 0.453 e. The number of piperidine rings is 1. The van der Waals surface area contributed by atoms with Gasteiger partial charge in [0.25, 0.3) is 0 Å². The number of thioether (sulfide) groups is 1. The number of hydrogen-bond donors (Lipinski definition) is 2. The van der Waals surface area contributed by atoms with Crippen LogP contribution in [0, 0.1) is 11.8 Å². The zero-order valence-electron chi connectivity index (χ0n) is 19.0. The summed E-state index contributed by atoms with van der Waals surface area (Å²) in [5.74, 6) is 2.23. The van der Waals surface area contributed by atoms with Crippen molar-refractivity contribution in [3.63, 3.8) is 0 Å². The summed E-state index contributed by atoms with van der Waals surface area (Å²) in [7, 11) is 1.36. The maximum Gasteiger partial charge on any atom is 0.407 e. The number of amides is 1. The van der Waals surface area contributed by atoms with Crippen molar-refractivity contribution in [1.82, 2.24) is 10.2 Å². The first-order valence-electron chi connectivity index (χ1n) is 11.5. The first-order chi connectivity index (χ1) is 14.6. The highest BCUT2D eigenvalue weighted by Gasteiger charge is 2.36. The van der Waals surface area contributed by atoms with Crippen molar-refractivity contribution in [1.29, 1.82) is 0 Å². The van der Waals surface area contributed by atoms with Crippen LogP contribution < -0.4 is 5.32 Å². The molecule has 1 aromatic rings. The number of carbonyl (C=O) groups excluding carboxylic acids is 1. The molecule has 1 aromatic carbocycles. The van der Waals surface area contributed by atoms with Crippen LogP contribution in [-0.4, -0.2) is 60.2 Å². The predicted molar refractivity (Wildman–Crippen MR) is 125 cm³/mol. The summed E-state index contributed by atoms with van der Waals surface area (Å²) in [6.07, 6.45) is 5.51. The Morgan fingerprint density at radius 1 is 1.23 bits per heavy atom. The van der Waals surface area contributed by atoms with Gasteiger partial charge < -0.3 is 15.2 Å². The number of nitrogens with one attached hydrogen (secondary N) is 1. The highest BCUT2D eigenvalue weighted by Crippen LogP contribution is 2.38. The normalized spacial score (nSPS) is 25.8. The third-order valence-electron chi connectivity index (χ3n) is 6.35. The third kappa shape index (κ3) is 7.47. The molecule has 30 heavy (non-hydrogen) atoms. The standard InChI is InChI=1S/C22H34N2O3S.C2H6/c1-16-12-17-8-6-7-9-18(17)13-24(16)14-21(25)20(23-22(26)27-2)15-28-19-10-4-3-5-11-19;1-2/h3-5,10-11,16-18,20-21,25H,6-9,12-15H2,1-2H3,(H,23,26);1-2H3/t16-,17?,18?,20+,21?;/m1./s1. The minimum absolute atomic E-state index is 0.353. The molecule has 170 valence electrons. The van der Waals surface area contributed by atoms with Crippen LogP contribution in [0.4, 0.5) is 4.79 Å². The molecule has 2 N–H and O–H groups in total. The summed E-state index contributed by atoms with van der Waals surface area (Å²) >= 11 is 1.64. The van der Waals surface area contributed by atoms with E-state index in [2.05, 4.69) is 17.1 Å². The fourth-order valence-corrected chi connectivity index (χ4v) is 5.71. The smallest absolute Gasteiger partial charge is 0.407 e. The van der Waals surface area contributed by atoms with Crippen LogP contribution in [0.5, 0.6) is 0 Å². The van der Waals surface area contributed by atoms with Crippen molar-refractivity contribution in [2.24, 2.45) is 11.8 Å². The number of alkyl carbamates (subject to hydrolysis) is 1. The molecule has 0 aromatic heterocycles. The quantitative estimate of drug-likeness (QED) is 0.602. The second kappa shape index (κ2) is 13.2. The summed E-state index contributed by atoms with van der Waals surface area (Å²) in [6, 6.07) is 10.2. The van der Waals surface area contributed by atoms with Crippen LogP contribution in [0.15, 0.2) is 35.2 Å². The van der Waals surface area contributed by atoms with Gasteiger partial charge in [0.05, 0.1) is 19.3 Å². The maximum atomic E-state index is 11.8. The van der Waals surface area contributed by atoms with E-state index in [0.29, 0.717) is 18.3 Å². The molecular weight excluding hydrogens is 396 g/mol. The Bertz CT molecular complexity index is 616. The first-order valence-corrected chi connectivity index (χ1v) is 12.5. The zero-order chi connectivity index (χ0) is 21.9. The SMILES string of the molecule is CC.COC(=O)N[C@@H](CSc1ccccc1)C(O)CN1CC2CCCCC2C[C@H]1C. The van der Waals surface area contributed by atoms with E-state index < -0.39 is 12.2 Å². The van der Waals surface area contributed by atoms with Gasteiger partial charge in [-0.25, -0.2) is 4.79 Å². The molecule has 3 unspecified atom stereocenters. The van der Waals surface area contributed by atoms with Gasteiger partial charge in [-0.1, -0.05) is 51.3 Å². The van der Waals surface area contributed by atoms with Crippen molar-refractivity contribution in [3.8, 4) is 0 Å². The van der Waals surface area contributed by atoms with Gasteiger partial charge in [-0.3, -0.25) is 4.90 Å². The van der Waals surface area contributed by atoms with Crippen molar-refractivity contribution in [3.05, 3.63) is 30.3 Å². The van der Waals surface area contributed by atoms with E-state index in [4.69, 9.17) is 4.74 Å². The summed E-state index contributed by atoms with van der Waals surface area (Å²) in [5.41, 5.74) is 0. The molecule has 1 aliphatic carbocycles. The first kappa shape index (κ1) is 25.0. The third-order valence-corrected chi connectivity index (χ3v) is 7.48. The molecule has 3 rings (SSSR count). The van der Waals surface area contributed by atoms with Crippen LogP contribution >= 0.6 is 11.8 Å². The Morgan fingerprint density at radius 3 is 2.57 bits per heavy atom. The number of ether oxygens (including phenoxy) is 1. The fraction of sp³-hybridized carbons (Fsp3) is 0.708. The summed E-state index contributed by atoms with van der Waals surface area (Å²) < 4.78 is 4.78. The average molecular weight is 437 g/mol. The van der Waals surface area contributed by atoms with Gasteiger partial charge in [0.1, 0.15) is 0 Å². The second-order valence-corrected chi connectivity index (χ2v) is 9.37. The molecule has 1 saturated carbocycles. The van der Waals surface area contributed by atoms with Crippen LogP contribution in [-0.2, 0) is 4.74 Å². The lowest BCUT2D eigenvalue weighted by molar-refractivity contribution is 0.00579. The van der Waals surface area contributed by atoms with E-state index in [9.17, 15) is 9.90 Å². The number of rotatable bonds is 7. The van der Waals surface area contributed by atoms with E-state index in [1.54, 1.807) is 11.8 Å². The Balaban J connectivity index is 0.00000155. The van der Waals surface area contributed by atoms with E-state index in [0.717, 1.165) is 23.3 Å². The average Bonchev–Trinajstić information content (AvgIpc) is 2.78. The molecule has 5 nitrogen and oxygen atoms in total. The summed E-state index contributed by atoms with van der Waals surface area (Å²) in [5, 5.41) is 13.8. The summed E-state index contributed by atoms with van der Waals surface area (Å²) in [6.45, 7) is 7.94. The number of methoxy groups -OCH3 is 1. The van der Waals surface area contributed by atoms with Crippen LogP contribution in [0.3, 0.4) is 0 Å². The number of nitrogens with zero attached hydrogens (tertiary/aromatic N) is 1. The Hall–Kier alpha value is -1.24. The highest BCUT2D eigenvalue weighted by molar-refractivity contribution is 7.99. The number of carbonyl (C=O) groups is 1. The number of β-amino-alcohol motifs (C(OH)–C–C–N with tert-alkyl or cyclic N) is 1. The minimum Gasteiger partial charge on any atom is -0.453 e. The van der Waals surface area contributed by atoms with Crippen LogP contribution in [0.25, 0.3) is 0 Å². The molecule has 2 fully saturated rings. The van der Waals surface area contributed by atoms with Gasteiger partial charge in [-0.05, 0) is 43.7 Å². The van der Waals surface area contributed by atoms with Crippen LogP contribution in [0.1, 0.15) is 52.9 Å². The van der Waals surface area contributed by atoms with Gasteiger partial charge in [-0.15, -0.1) is 11.8 Å². The molecule has 5 atom stereocenters. The molecule has 1 amide bonds. The van der Waals surface area contributed by atoms with Gasteiger partial charge in [-0.2, -0.15) is 0 Å². The van der Waals surface area contributed by atoms with E-state index in [1.807, 2.05) is 44.2 Å². The maximum absolute atomic E-state index is 11.8. The zero-order valence-corrected chi connectivity index (χ0v) is 19.9. The lowest BCUT2D eigenvalue weighted by Crippen LogP contribution is -2.54. The topological polar surface area (TPSA) is 61.8 Å². The molecule has 0 bridgehead atoms. The predicted octanol–water partition coefficient (Wildman–Crippen LogP) is 4.79. The number of hydrogen-bond acceptors (Lipinski definition) is 5. The van der Waals surface area contributed by atoms with Crippen molar-refractivity contribution in [2.45, 2.75) is 76.0 Å². The van der Waals surface area contributed by atoms with Crippen molar-refractivity contribution < 1.29 is 14.6 Å². The van der Waals surface area contributed by atoms with E-state index in [-0.39, 0.29) is 6.04 Å². The van der Waals surface area contributed by atoms with Crippen LogP contribution in [0.2, 0.25) is 0 Å². The highest BCUT2D eigenvalue weighted by atomic mass is 32.2. The lowest BCUT2D eigenvalue weighted by Gasteiger charge is -2.46.